The minimum atomic E-state index is 0.520. The number of hydrogen-bond donors (Lipinski definition) is 0. The first kappa shape index (κ1) is 23.8. The molecule has 3 saturated heterocycles. The van der Waals surface area contributed by atoms with E-state index in [1.54, 1.807) is 13.3 Å². The van der Waals surface area contributed by atoms with Crippen molar-refractivity contribution < 1.29 is 4.74 Å². The van der Waals surface area contributed by atoms with E-state index in [1.165, 1.54) is 17.6 Å². The summed E-state index contributed by atoms with van der Waals surface area (Å²) >= 11 is 0. The van der Waals surface area contributed by atoms with Crippen LogP contribution in [0.3, 0.4) is 0 Å². The van der Waals surface area contributed by atoms with E-state index in [0.29, 0.717) is 23.5 Å². The van der Waals surface area contributed by atoms with E-state index in [4.69, 9.17) is 9.72 Å². The fraction of sp³-hybridized carbons (Fsp3) is 0.333. The highest BCUT2D eigenvalue weighted by Gasteiger charge is 2.44. The van der Waals surface area contributed by atoms with Crippen LogP contribution in [0.4, 0.5) is 5.82 Å². The lowest BCUT2D eigenvalue weighted by atomic mass is 9.87. The molecular formula is C30H30N8O. The van der Waals surface area contributed by atoms with Crippen LogP contribution in [0.5, 0.6) is 5.88 Å². The van der Waals surface area contributed by atoms with Crippen LogP contribution in [0.15, 0.2) is 61.2 Å². The molecule has 0 N–H and O–H groups in total. The second-order valence-corrected chi connectivity index (χ2v) is 10.8. The summed E-state index contributed by atoms with van der Waals surface area (Å²) in [5.41, 5.74) is 6.99. The first-order chi connectivity index (χ1) is 19.1. The fourth-order valence-corrected chi connectivity index (χ4v) is 6.19. The average Bonchev–Trinajstić information content (AvgIpc) is 3.62. The molecule has 4 aromatic rings. The third-order valence-corrected chi connectivity index (χ3v) is 8.29. The number of piperidine rings is 1. The first-order valence-electron chi connectivity index (χ1n) is 13.3. The second kappa shape index (κ2) is 9.49. The number of pyridine rings is 3. The van der Waals surface area contributed by atoms with Gasteiger partial charge in [0.1, 0.15) is 11.9 Å². The Morgan fingerprint density at radius 2 is 1.92 bits per heavy atom. The Balaban J connectivity index is 1.11. The lowest BCUT2D eigenvalue weighted by molar-refractivity contribution is -0.00876. The van der Waals surface area contributed by atoms with Gasteiger partial charge in [0.05, 0.1) is 24.4 Å². The van der Waals surface area contributed by atoms with Crippen LogP contribution in [-0.4, -0.2) is 81.8 Å². The standard InChI is InChI=1S/C30H30N8O/c1-35-8-7-22(16-35)23-9-27(30-24(11-31)14-34-38(30)17-23)21-4-5-28(32-13-21)36-18-25-10-26(19-36)37(25)15-20-3-6-29(39-2)33-12-20/h3-7,9,12-14,17,25-26H,8,10,15-16,18-19H2,1-2H3/t25-,26?/m1/s1. The third-order valence-electron chi connectivity index (χ3n) is 8.29. The van der Waals surface area contributed by atoms with Gasteiger partial charge in [0.2, 0.25) is 5.88 Å². The molecule has 4 aliphatic heterocycles. The number of nitriles is 1. The molecule has 0 aliphatic carbocycles. The van der Waals surface area contributed by atoms with E-state index < -0.39 is 0 Å². The minimum absolute atomic E-state index is 0.520. The van der Waals surface area contributed by atoms with Crippen LogP contribution >= 0.6 is 0 Å². The van der Waals surface area contributed by atoms with E-state index in [9.17, 15) is 5.26 Å². The van der Waals surface area contributed by atoms with Crippen molar-refractivity contribution in [3.05, 3.63) is 77.9 Å². The van der Waals surface area contributed by atoms with Crippen molar-refractivity contribution in [1.82, 2.24) is 29.4 Å². The number of aromatic nitrogens is 4. The summed E-state index contributed by atoms with van der Waals surface area (Å²) in [6.45, 7) is 4.69. The summed E-state index contributed by atoms with van der Waals surface area (Å²) in [7, 11) is 3.76. The number of fused-ring (bicyclic) bond motifs is 3. The number of hydrogen-bond acceptors (Lipinski definition) is 8. The molecule has 8 rings (SSSR count). The molecule has 0 spiro atoms. The maximum absolute atomic E-state index is 9.74. The zero-order chi connectivity index (χ0) is 26.5. The highest BCUT2D eigenvalue weighted by atomic mass is 16.5. The SMILES string of the molecule is COc1ccc(CN2C3C[C@@H]2CN(c2ccc(-c4cc(C5=CCN(C)C5)cn5ncc(C#N)c45)cn2)C3)cn1. The zero-order valence-corrected chi connectivity index (χ0v) is 22.2. The Labute approximate surface area is 227 Å². The van der Waals surface area contributed by atoms with Gasteiger partial charge in [-0.05, 0) is 48.4 Å². The lowest BCUT2D eigenvalue weighted by Crippen LogP contribution is -2.68. The highest BCUT2D eigenvalue weighted by Crippen LogP contribution is 2.36. The molecular weight excluding hydrogens is 488 g/mol. The van der Waals surface area contributed by atoms with Crippen molar-refractivity contribution >= 4 is 16.9 Å². The first-order valence-corrected chi connectivity index (χ1v) is 13.3. The Hall–Kier alpha value is -4.26. The molecule has 196 valence electrons. The van der Waals surface area contributed by atoms with Gasteiger partial charge in [-0.1, -0.05) is 12.1 Å². The monoisotopic (exact) mass is 518 g/mol. The number of ether oxygens (including phenoxy) is 1. The van der Waals surface area contributed by atoms with Crippen LogP contribution in [0.2, 0.25) is 0 Å². The van der Waals surface area contributed by atoms with E-state index >= 15 is 0 Å². The van der Waals surface area contributed by atoms with Gasteiger partial charge in [0.25, 0.3) is 0 Å². The summed E-state index contributed by atoms with van der Waals surface area (Å²) < 4.78 is 7.02. The molecule has 9 heteroatoms. The quantitative estimate of drug-likeness (QED) is 0.384. The Kier molecular flexibility index (Phi) is 5.80. The van der Waals surface area contributed by atoms with Gasteiger partial charge >= 0.3 is 0 Å². The number of nitrogens with zero attached hydrogens (tertiary/aromatic N) is 8. The van der Waals surface area contributed by atoms with Gasteiger partial charge in [0.15, 0.2) is 0 Å². The topological polar surface area (TPSA) is 85.8 Å². The zero-order valence-electron chi connectivity index (χ0n) is 22.2. The largest absolute Gasteiger partial charge is 0.481 e. The smallest absolute Gasteiger partial charge is 0.212 e. The van der Waals surface area contributed by atoms with Gasteiger partial charge in [-0.25, -0.2) is 14.5 Å². The Morgan fingerprint density at radius 1 is 1.05 bits per heavy atom. The fourth-order valence-electron chi connectivity index (χ4n) is 6.19. The Bertz CT molecular complexity index is 1590. The molecule has 4 aliphatic rings. The van der Waals surface area contributed by atoms with E-state index in [1.807, 2.05) is 29.2 Å². The van der Waals surface area contributed by atoms with Crippen LogP contribution in [0, 0.1) is 11.3 Å². The van der Waals surface area contributed by atoms with Crippen molar-refractivity contribution in [3.63, 3.8) is 0 Å². The lowest BCUT2D eigenvalue weighted by Gasteiger charge is -2.56. The van der Waals surface area contributed by atoms with Crippen molar-refractivity contribution in [3.8, 4) is 23.1 Å². The Morgan fingerprint density at radius 3 is 2.59 bits per heavy atom. The van der Waals surface area contributed by atoms with E-state index in [0.717, 1.165) is 60.7 Å². The van der Waals surface area contributed by atoms with Crippen LogP contribution < -0.4 is 9.64 Å². The van der Waals surface area contributed by atoms with Gasteiger partial charge in [-0.15, -0.1) is 0 Å². The van der Waals surface area contributed by atoms with Gasteiger partial charge in [0, 0.05) is 80.6 Å². The van der Waals surface area contributed by atoms with E-state index in [-0.39, 0.29) is 0 Å². The molecule has 4 aromatic heterocycles. The predicted octanol–water partition coefficient (Wildman–Crippen LogP) is 3.46. The number of rotatable bonds is 6. The molecule has 39 heavy (non-hydrogen) atoms. The van der Waals surface area contributed by atoms with Gasteiger partial charge in [-0.2, -0.15) is 10.4 Å². The number of piperazine rings is 1. The predicted molar refractivity (Wildman–Crippen MR) is 149 cm³/mol. The molecule has 2 atom stereocenters. The molecule has 0 amide bonds. The van der Waals surface area contributed by atoms with Gasteiger partial charge in [-0.3, -0.25) is 9.80 Å². The molecule has 0 saturated carbocycles. The van der Waals surface area contributed by atoms with Crippen molar-refractivity contribution in [2.24, 2.45) is 0 Å². The summed E-state index contributed by atoms with van der Waals surface area (Å²) in [6, 6.07) is 13.8. The van der Waals surface area contributed by atoms with Gasteiger partial charge < -0.3 is 9.64 Å². The molecule has 0 radical (unpaired) electrons. The molecule has 8 heterocycles. The second-order valence-electron chi connectivity index (χ2n) is 10.8. The van der Waals surface area contributed by atoms with Crippen LogP contribution in [0.1, 0.15) is 23.1 Å². The third kappa shape index (κ3) is 4.22. The maximum atomic E-state index is 9.74. The maximum Gasteiger partial charge on any atom is 0.212 e. The molecule has 1 unspecified atom stereocenters. The number of anilines is 1. The van der Waals surface area contributed by atoms with Crippen molar-refractivity contribution in [2.45, 2.75) is 25.0 Å². The summed E-state index contributed by atoms with van der Waals surface area (Å²) in [5, 5.41) is 14.2. The number of likely N-dealkylation sites (N-methyl/N-ethyl adjacent to an activating group) is 1. The summed E-state index contributed by atoms with van der Waals surface area (Å²) in [5.74, 6) is 1.65. The summed E-state index contributed by atoms with van der Waals surface area (Å²) in [4.78, 5) is 16.5. The van der Waals surface area contributed by atoms with Crippen LogP contribution in [0.25, 0.3) is 22.2 Å². The van der Waals surface area contributed by atoms with Crippen LogP contribution in [-0.2, 0) is 6.54 Å². The highest BCUT2D eigenvalue weighted by molar-refractivity contribution is 5.87. The normalized spacial score (nSPS) is 21.1. The van der Waals surface area contributed by atoms with Crippen molar-refractivity contribution in [2.75, 3.05) is 45.2 Å². The molecule has 0 aromatic carbocycles. The van der Waals surface area contributed by atoms with Crippen molar-refractivity contribution in [1.29, 1.82) is 5.26 Å². The minimum Gasteiger partial charge on any atom is -0.481 e. The molecule has 9 nitrogen and oxygen atoms in total. The number of methoxy groups -OCH3 is 1. The molecule has 2 bridgehead atoms. The molecule has 3 fully saturated rings. The average molecular weight is 519 g/mol. The van der Waals surface area contributed by atoms with E-state index in [2.05, 4.69) is 68.2 Å². The summed E-state index contributed by atoms with van der Waals surface area (Å²) in [6.07, 6.45) is 11.0.